The summed E-state index contributed by atoms with van der Waals surface area (Å²) in [6.07, 6.45) is 0.632. The molecule has 0 radical (unpaired) electrons. The van der Waals surface area contributed by atoms with Gasteiger partial charge in [0.1, 0.15) is 26.4 Å². The van der Waals surface area contributed by atoms with Crippen LogP contribution in [0, 0.1) is 30.6 Å². The van der Waals surface area contributed by atoms with E-state index in [1.54, 1.807) is 22.7 Å². The molecule has 2 aliphatic heterocycles. The van der Waals surface area contributed by atoms with Crippen molar-refractivity contribution in [3.8, 4) is 20.9 Å². The highest BCUT2D eigenvalue weighted by molar-refractivity contribution is 7.13. The Morgan fingerprint density at radius 3 is 1.07 bits per heavy atom. The summed E-state index contributed by atoms with van der Waals surface area (Å²) in [5.74, 6) is -4.64. The molecular weight excluding hydrogens is 1350 g/mol. The van der Waals surface area contributed by atoms with E-state index < -0.39 is 65.0 Å². The number of aliphatic hydroxyl groups excluding tert-OH is 2. The maximum absolute atomic E-state index is 13.9. The molecule has 0 bridgehead atoms. The van der Waals surface area contributed by atoms with Crippen LogP contribution in [-0.4, -0.2) is 268 Å². The summed E-state index contributed by atoms with van der Waals surface area (Å²) < 4.78 is 51.5. The SMILES string of the molecule is Cc1ncsc1-c1ccc(CCC(=O)C2C[C@@H](O)CN2C(=O)[C@@H](CC(=O)COCCOCCOCCOCCOCC(=O)O)C(C)(C)C)cc1.Cc1ncsc1-c1ccc(CCC(=O)C2C[C@@H](O)CN2C(=O)[C@@H](N)C(C)(C)C)cc1.O=C(O)COCCOCCOCCOCCOCC(=O)O. The number of aliphatic hydroxyl groups is 2. The number of ether oxygens (including phenoxy) is 10. The number of benzene rings is 2. The number of aromatic nitrogens is 2. The molecule has 101 heavy (non-hydrogen) atoms. The van der Waals surface area contributed by atoms with Gasteiger partial charge in [-0.05, 0) is 59.8 Å². The van der Waals surface area contributed by atoms with E-state index in [1.807, 2.05) is 103 Å². The number of carboxylic acid groups (broad SMARTS) is 3. The summed E-state index contributed by atoms with van der Waals surface area (Å²) >= 11 is 3.20. The molecule has 0 saturated carbocycles. The molecule has 2 saturated heterocycles. The fraction of sp³-hybridized carbons (Fsp3) is 0.634. The molecular formula is C71H105N5O23S2. The fourth-order valence-electron chi connectivity index (χ4n) is 10.4. The minimum atomic E-state index is -1.03. The smallest absolute Gasteiger partial charge is 0.329 e. The predicted molar refractivity (Wildman–Crippen MR) is 375 cm³/mol. The molecule has 7 N–H and O–H groups in total. The lowest BCUT2D eigenvalue weighted by Gasteiger charge is -2.34. The number of carboxylic acids is 3. The number of carbonyl (C=O) groups excluding carboxylic acids is 5. The average molecular weight is 1460 g/mol. The number of Topliss-reactive ketones (excluding diaryl/α,β-unsaturated/α-hetero) is 3. The van der Waals surface area contributed by atoms with Gasteiger partial charge < -0.3 is 88.4 Å². The molecule has 2 amide bonds. The lowest BCUT2D eigenvalue weighted by Crippen LogP contribution is -2.53. The third kappa shape index (κ3) is 34.1. The number of amides is 2. The van der Waals surface area contributed by atoms with E-state index in [4.69, 9.17) is 68.4 Å². The highest BCUT2D eigenvalue weighted by atomic mass is 32.1. The number of aryl methyl sites for hydroxylation is 4. The number of hydrogen-bond acceptors (Lipinski definition) is 25. The zero-order valence-electron chi connectivity index (χ0n) is 59.5. The van der Waals surface area contributed by atoms with Crippen LogP contribution in [-0.2, 0) is 98.6 Å². The third-order valence-corrected chi connectivity index (χ3v) is 18.0. The molecule has 6 rings (SSSR count). The van der Waals surface area contributed by atoms with Gasteiger partial charge in [-0.1, -0.05) is 90.1 Å². The number of carbonyl (C=O) groups is 8. The van der Waals surface area contributed by atoms with Gasteiger partial charge in [-0.3, -0.25) is 24.0 Å². The maximum atomic E-state index is 13.9. The molecule has 0 aliphatic carbocycles. The average Bonchev–Trinajstić information content (AvgIpc) is 1.69. The summed E-state index contributed by atoms with van der Waals surface area (Å²) in [6.45, 7) is 19.4. The standard InChI is InChI=1S/C36H52N2O11S.C23H31N3O3S.C12H22O9/c1-25-34(50-24-37-25)27-8-5-26(6-9-27)7-10-32(41)31-20-28(39)21-38(31)35(44)30(36(2,3)4)19-29(40)22-48-17-15-46-13-11-45-12-14-47-16-18-49-23-33(42)43;1-14-20(30-13-25-14)16-8-5-15(6-9-16)7-10-19(28)18-11-17(27)12-26(18)22(29)21(24)23(2,3)4;13-11(14)9-20-7-5-18-3-1-17-2-4-19-6-8-21-10-12(15)16/h5-6,8-9,24,28,30-31,39H,7,10-23H2,1-4H3,(H,42,43);5-6,8-9,13,17-18,21,27H,7,10-12,24H2,1-4H3;1-10H2,(H,13,14)(H,15,16)/t28-,30-,31?;17-,18?,21-;/m11./s1. The largest absolute Gasteiger partial charge is 0.480 e. The van der Waals surface area contributed by atoms with Crippen molar-refractivity contribution in [2.75, 3.05) is 145 Å². The molecule has 2 aliphatic rings. The highest BCUT2D eigenvalue weighted by Crippen LogP contribution is 2.35. The van der Waals surface area contributed by atoms with E-state index in [9.17, 15) is 48.6 Å². The van der Waals surface area contributed by atoms with Crippen LogP contribution >= 0.6 is 22.7 Å². The summed E-state index contributed by atoms with van der Waals surface area (Å²) in [5, 5.41) is 45.7. The number of likely N-dealkylation sites (tertiary alicyclic amines) is 2. The van der Waals surface area contributed by atoms with Gasteiger partial charge in [0.05, 0.1) is 168 Å². The molecule has 564 valence electrons. The van der Waals surface area contributed by atoms with E-state index >= 15 is 0 Å². The molecule has 30 heteroatoms. The van der Waals surface area contributed by atoms with Crippen LogP contribution < -0.4 is 5.73 Å². The Bertz CT molecular complexity index is 3090. The first kappa shape index (κ1) is 86.9. The van der Waals surface area contributed by atoms with Crippen molar-refractivity contribution in [2.45, 2.75) is 131 Å². The van der Waals surface area contributed by atoms with Crippen molar-refractivity contribution in [1.29, 1.82) is 0 Å². The van der Waals surface area contributed by atoms with Crippen LogP contribution in [0.25, 0.3) is 20.9 Å². The molecule has 2 aromatic carbocycles. The summed E-state index contributed by atoms with van der Waals surface area (Å²) in [5.41, 5.74) is 15.1. The van der Waals surface area contributed by atoms with Gasteiger partial charge in [-0.25, -0.2) is 24.4 Å². The number of hydrogen-bond donors (Lipinski definition) is 6. The molecule has 28 nitrogen and oxygen atoms in total. The lowest BCUT2D eigenvalue weighted by molar-refractivity contribution is -0.146. The van der Waals surface area contributed by atoms with E-state index in [1.165, 1.54) is 9.80 Å². The van der Waals surface area contributed by atoms with Crippen LogP contribution in [0.3, 0.4) is 0 Å². The maximum Gasteiger partial charge on any atom is 0.329 e. The zero-order valence-corrected chi connectivity index (χ0v) is 61.1. The van der Waals surface area contributed by atoms with Gasteiger partial charge in [0.15, 0.2) is 17.3 Å². The van der Waals surface area contributed by atoms with Crippen molar-refractivity contribution in [2.24, 2.45) is 22.5 Å². The molecule has 2 unspecified atom stereocenters. The number of β-amino-alcohol motifs (C(OH)–C–C–N with tert-alkyl or cyclic N) is 2. The number of ketones is 3. The van der Waals surface area contributed by atoms with Gasteiger partial charge in [0, 0.05) is 51.1 Å². The monoisotopic (exact) mass is 1460 g/mol. The quantitative estimate of drug-likeness (QED) is 0.0295. The topological polar surface area (TPSA) is 388 Å². The van der Waals surface area contributed by atoms with Gasteiger partial charge in [0.2, 0.25) is 11.8 Å². The highest BCUT2D eigenvalue weighted by Gasteiger charge is 2.45. The normalized spacial score (nSPS) is 16.6. The molecule has 2 aromatic heterocycles. The van der Waals surface area contributed by atoms with Gasteiger partial charge in [-0.2, -0.15) is 0 Å². The second-order valence-corrected chi connectivity index (χ2v) is 27.9. The zero-order chi connectivity index (χ0) is 74.3. The van der Waals surface area contributed by atoms with E-state index in [2.05, 4.69) is 22.1 Å². The lowest BCUT2D eigenvalue weighted by atomic mass is 9.76. The Balaban J connectivity index is 0.000000358. The number of rotatable bonds is 46. The third-order valence-electron chi connectivity index (χ3n) is 16.0. The van der Waals surface area contributed by atoms with Crippen molar-refractivity contribution in [1.82, 2.24) is 19.8 Å². The molecule has 4 aromatic rings. The van der Waals surface area contributed by atoms with E-state index in [0.29, 0.717) is 85.3 Å². The minimum Gasteiger partial charge on any atom is -0.480 e. The van der Waals surface area contributed by atoms with Crippen LogP contribution in [0.1, 0.15) is 96.2 Å². The number of nitrogens with zero attached hydrogens (tertiary/aromatic N) is 4. The van der Waals surface area contributed by atoms with Crippen LogP contribution in [0.5, 0.6) is 0 Å². The van der Waals surface area contributed by atoms with E-state index in [0.717, 1.165) is 43.4 Å². The number of thiazole rings is 2. The van der Waals surface area contributed by atoms with Crippen molar-refractivity contribution < 1.29 is 111 Å². The first-order valence-corrected chi connectivity index (χ1v) is 35.5. The van der Waals surface area contributed by atoms with Crippen molar-refractivity contribution in [3.05, 3.63) is 82.1 Å². The van der Waals surface area contributed by atoms with Crippen molar-refractivity contribution >= 4 is 69.7 Å². The number of aliphatic carboxylic acids is 3. The molecule has 2 fully saturated rings. The van der Waals surface area contributed by atoms with Crippen LogP contribution in [0.15, 0.2) is 59.6 Å². The second kappa shape index (κ2) is 47.0. The Hall–Kier alpha value is -6.46. The van der Waals surface area contributed by atoms with Gasteiger partial charge in [0.25, 0.3) is 0 Å². The van der Waals surface area contributed by atoms with Crippen LogP contribution in [0.4, 0.5) is 0 Å². The molecule has 6 atom stereocenters. The molecule has 4 heterocycles. The van der Waals surface area contributed by atoms with E-state index in [-0.39, 0.29) is 134 Å². The Labute approximate surface area is 599 Å². The Morgan fingerprint density at radius 2 is 0.782 bits per heavy atom. The fourth-order valence-corrected chi connectivity index (χ4v) is 12.0. The summed E-state index contributed by atoms with van der Waals surface area (Å²) in [7, 11) is 0. The predicted octanol–water partition coefficient (Wildman–Crippen LogP) is 5.57. The summed E-state index contributed by atoms with van der Waals surface area (Å²) in [6, 6.07) is 14.2. The van der Waals surface area contributed by atoms with Gasteiger partial charge >= 0.3 is 17.9 Å². The van der Waals surface area contributed by atoms with Gasteiger partial charge in [-0.15, -0.1) is 22.7 Å². The van der Waals surface area contributed by atoms with Crippen molar-refractivity contribution in [3.63, 3.8) is 0 Å². The second-order valence-electron chi connectivity index (χ2n) is 26.2. The first-order chi connectivity index (χ1) is 48.1. The Morgan fingerprint density at radius 1 is 0.475 bits per heavy atom. The number of nitrogens with two attached hydrogens (primary N) is 1. The molecule has 0 spiro atoms. The van der Waals surface area contributed by atoms with Crippen LogP contribution in [0.2, 0.25) is 0 Å². The summed E-state index contributed by atoms with van der Waals surface area (Å²) in [4.78, 5) is 110. The Kier molecular flexibility index (Phi) is 40.5. The minimum absolute atomic E-state index is 0.0246. The first-order valence-electron chi connectivity index (χ1n) is 33.8.